The molecule has 4 N–H and O–H groups in total. The number of hydrogen-bond acceptors (Lipinski definition) is 5. The molecule has 10 heteroatoms. The molecule has 0 aromatic heterocycles. The van der Waals surface area contributed by atoms with Crippen molar-refractivity contribution in [2.45, 2.75) is 17.4 Å². The van der Waals surface area contributed by atoms with Gasteiger partial charge in [-0.2, -0.15) is 9.98 Å². The van der Waals surface area contributed by atoms with Crippen molar-refractivity contribution in [1.82, 2.24) is 4.72 Å². The Balaban J connectivity index is 3.23. The van der Waals surface area contributed by atoms with E-state index in [4.69, 9.17) is 16.1 Å². The van der Waals surface area contributed by atoms with Gasteiger partial charge in [0.1, 0.15) is 28.4 Å². The van der Waals surface area contributed by atoms with Gasteiger partial charge < -0.3 is 10.8 Å². The number of carbonyl (C=O) groups is 2. The van der Waals surface area contributed by atoms with E-state index in [1.54, 1.807) is 4.72 Å². The van der Waals surface area contributed by atoms with Gasteiger partial charge in [-0.25, -0.2) is 12.8 Å². The molecule has 112 valence electrons. The minimum atomic E-state index is -4.52. The fraction of sp³-hybridized carbons (Fsp3) is 0.182. The Kier molecular flexibility index (Phi) is 4.96. The average Bonchev–Trinajstić information content (AvgIpc) is 2.36. The first kappa shape index (κ1) is 16.5. The van der Waals surface area contributed by atoms with Crippen LogP contribution in [0.1, 0.15) is 12.0 Å². The molecule has 0 bridgehead atoms. The quantitative estimate of drug-likeness (QED) is 0.632. The van der Waals surface area contributed by atoms with Gasteiger partial charge in [0.15, 0.2) is 0 Å². The van der Waals surface area contributed by atoms with E-state index < -0.39 is 50.6 Å². The molecular formula is C11H10FN3O5S. The van der Waals surface area contributed by atoms with Crippen LogP contribution in [-0.4, -0.2) is 31.4 Å². The van der Waals surface area contributed by atoms with E-state index in [1.807, 2.05) is 0 Å². The standard InChI is InChI=1S/C11H10FN3O5S/c12-7-2-1-3-9(6(7)5-13)21(19,20)15-8(11(17)18)4-10(14)16/h1-3,8,15H,4H2,(H2,14,16)(H,17,18)/t8-/m0/s1. The van der Waals surface area contributed by atoms with Gasteiger partial charge in [-0.05, 0) is 12.1 Å². The number of carbonyl (C=O) groups excluding carboxylic acids is 1. The third kappa shape index (κ3) is 3.98. The number of nitriles is 1. The third-order valence-electron chi connectivity index (χ3n) is 2.38. The molecule has 21 heavy (non-hydrogen) atoms. The number of primary amides is 1. The molecule has 0 aliphatic rings. The first-order valence-corrected chi connectivity index (χ1v) is 6.89. The molecule has 0 aliphatic heterocycles. The van der Waals surface area contributed by atoms with Crippen molar-refractivity contribution in [3.63, 3.8) is 0 Å². The van der Waals surface area contributed by atoms with E-state index in [-0.39, 0.29) is 0 Å². The predicted molar refractivity (Wildman–Crippen MR) is 66.7 cm³/mol. The number of amides is 1. The summed E-state index contributed by atoms with van der Waals surface area (Å²) in [5.74, 6) is -3.74. The number of nitrogens with one attached hydrogen (secondary N) is 1. The van der Waals surface area contributed by atoms with E-state index in [9.17, 15) is 22.4 Å². The van der Waals surface area contributed by atoms with Crippen molar-refractivity contribution < 1.29 is 27.5 Å². The van der Waals surface area contributed by atoms with Crippen molar-refractivity contribution in [2.75, 3.05) is 0 Å². The van der Waals surface area contributed by atoms with Crippen LogP contribution in [0.2, 0.25) is 0 Å². The number of sulfonamides is 1. The van der Waals surface area contributed by atoms with E-state index in [2.05, 4.69) is 0 Å². The van der Waals surface area contributed by atoms with Crippen molar-refractivity contribution in [1.29, 1.82) is 5.26 Å². The lowest BCUT2D eigenvalue weighted by atomic mass is 10.2. The lowest BCUT2D eigenvalue weighted by Gasteiger charge is -2.14. The minimum Gasteiger partial charge on any atom is -0.480 e. The smallest absolute Gasteiger partial charge is 0.322 e. The summed E-state index contributed by atoms with van der Waals surface area (Å²) in [6.07, 6.45) is -0.786. The van der Waals surface area contributed by atoms with Gasteiger partial charge in [-0.15, -0.1) is 0 Å². The number of halogens is 1. The Morgan fingerprint density at radius 3 is 2.57 bits per heavy atom. The number of nitrogens with two attached hydrogens (primary N) is 1. The van der Waals surface area contributed by atoms with Crippen LogP contribution in [0, 0.1) is 17.1 Å². The summed E-state index contributed by atoms with van der Waals surface area (Å²) in [7, 11) is -4.52. The highest BCUT2D eigenvalue weighted by molar-refractivity contribution is 7.89. The molecule has 0 fully saturated rings. The molecular weight excluding hydrogens is 305 g/mol. The third-order valence-corrected chi connectivity index (χ3v) is 3.89. The van der Waals surface area contributed by atoms with Gasteiger partial charge in [0, 0.05) is 0 Å². The molecule has 1 aromatic rings. The van der Waals surface area contributed by atoms with Crippen LogP contribution in [0.5, 0.6) is 0 Å². The summed E-state index contributed by atoms with van der Waals surface area (Å²) in [5.41, 5.74) is 4.06. The number of carboxylic acids is 1. The van der Waals surface area contributed by atoms with E-state index in [0.717, 1.165) is 18.2 Å². The van der Waals surface area contributed by atoms with Gasteiger partial charge in [0.2, 0.25) is 15.9 Å². The number of carboxylic acid groups (broad SMARTS) is 1. The molecule has 1 atom stereocenters. The Bertz CT molecular complexity index is 726. The molecule has 0 saturated carbocycles. The van der Waals surface area contributed by atoms with Crippen LogP contribution in [0.4, 0.5) is 4.39 Å². The van der Waals surface area contributed by atoms with E-state index >= 15 is 0 Å². The molecule has 8 nitrogen and oxygen atoms in total. The molecule has 1 amide bonds. The normalized spacial score (nSPS) is 12.4. The second-order valence-electron chi connectivity index (χ2n) is 3.91. The molecule has 0 saturated heterocycles. The monoisotopic (exact) mass is 315 g/mol. The number of nitrogens with zero attached hydrogens (tertiary/aromatic N) is 1. The van der Waals surface area contributed by atoms with Gasteiger partial charge in [0.05, 0.1) is 6.42 Å². The summed E-state index contributed by atoms with van der Waals surface area (Å²) in [4.78, 5) is 20.9. The zero-order valence-electron chi connectivity index (χ0n) is 10.4. The van der Waals surface area contributed by atoms with E-state index in [0.29, 0.717) is 0 Å². The second kappa shape index (κ2) is 6.29. The average molecular weight is 315 g/mol. The summed E-state index contributed by atoms with van der Waals surface area (Å²) in [6.45, 7) is 0. The zero-order chi connectivity index (χ0) is 16.2. The maximum atomic E-state index is 13.4. The molecule has 1 aromatic carbocycles. The summed E-state index contributed by atoms with van der Waals surface area (Å²) in [6, 6.07) is 2.44. The second-order valence-corrected chi connectivity index (χ2v) is 5.59. The number of rotatable bonds is 6. The van der Waals surface area contributed by atoms with Crippen molar-refractivity contribution in [3.05, 3.63) is 29.6 Å². The highest BCUT2D eigenvalue weighted by Crippen LogP contribution is 2.18. The Hall–Kier alpha value is -2.51. The first-order valence-electron chi connectivity index (χ1n) is 5.41. The highest BCUT2D eigenvalue weighted by Gasteiger charge is 2.29. The topological polar surface area (TPSA) is 150 Å². The maximum absolute atomic E-state index is 13.4. The van der Waals surface area contributed by atoms with Crippen molar-refractivity contribution in [2.24, 2.45) is 5.73 Å². The minimum absolute atomic E-state index is 0.722. The number of aliphatic carboxylic acids is 1. The Labute approximate surface area is 119 Å². The van der Waals surface area contributed by atoms with Crippen LogP contribution >= 0.6 is 0 Å². The highest BCUT2D eigenvalue weighted by atomic mass is 32.2. The lowest BCUT2D eigenvalue weighted by molar-refractivity contribution is -0.140. The van der Waals surface area contributed by atoms with Crippen LogP contribution < -0.4 is 10.5 Å². The largest absolute Gasteiger partial charge is 0.480 e. The van der Waals surface area contributed by atoms with Crippen LogP contribution in [0.25, 0.3) is 0 Å². The number of benzene rings is 1. The molecule has 0 spiro atoms. The van der Waals surface area contributed by atoms with Gasteiger partial charge >= 0.3 is 5.97 Å². The number of hydrogen-bond donors (Lipinski definition) is 3. The summed E-state index contributed by atoms with van der Waals surface area (Å²) in [5, 5.41) is 17.6. The molecule has 0 radical (unpaired) electrons. The fourth-order valence-corrected chi connectivity index (χ4v) is 2.82. The Morgan fingerprint density at radius 1 is 1.48 bits per heavy atom. The maximum Gasteiger partial charge on any atom is 0.322 e. The summed E-state index contributed by atoms with van der Waals surface area (Å²) >= 11 is 0. The SMILES string of the molecule is N#Cc1c(F)cccc1S(=O)(=O)N[C@@H](CC(N)=O)C(=O)O. The first-order chi connectivity index (χ1) is 9.69. The molecule has 0 aliphatic carbocycles. The lowest BCUT2D eigenvalue weighted by Crippen LogP contribution is -2.43. The predicted octanol–water partition coefficient (Wildman–Crippen LogP) is -0.696. The Morgan fingerprint density at radius 2 is 2.10 bits per heavy atom. The van der Waals surface area contributed by atoms with Crippen LogP contribution in [0.3, 0.4) is 0 Å². The van der Waals surface area contributed by atoms with Crippen LogP contribution in [-0.2, 0) is 19.6 Å². The van der Waals surface area contributed by atoms with Gasteiger partial charge in [-0.3, -0.25) is 9.59 Å². The van der Waals surface area contributed by atoms with Gasteiger partial charge in [0.25, 0.3) is 0 Å². The van der Waals surface area contributed by atoms with Crippen molar-refractivity contribution in [3.8, 4) is 6.07 Å². The van der Waals surface area contributed by atoms with Gasteiger partial charge in [-0.1, -0.05) is 6.07 Å². The summed E-state index contributed by atoms with van der Waals surface area (Å²) < 4.78 is 39.1. The molecule has 0 unspecified atom stereocenters. The van der Waals surface area contributed by atoms with E-state index in [1.165, 1.54) is 6.07 Å². The van der Waals surface area contributed by atoms with Crippen molar-refractivity contribution >= 4 is 21.9 Å². The molecule has 1 rings (SSSR count). The van der Waals surface area contributed by atoms with Crippen LogP contribution in [0.15, 0.2) is 23.1 Å². The fourth-order valence-electron chi connectivity index (χ4n) is 1.47. The molecule has 0 heterocycles. The zero-order valence-corrected chi connectivity index (χ0v) is 11.2.